The number of hydrogen-bond acceptors (Lipinski definition) is 1. The lowest BCUT2D eigenvalue weighted by atomic mass is 10.0. The average Bonchev–Trinajstić information content (AvgIpc) is 2.71. The molecule has 1 atom stereocenters. The smallest absolute Gasteiger partial charge is 0.0375 e. The SMILES string of the molecule is Cc1cccc(C[C@@H]2Cc3ccccc3N2)c1. The third-order valence-electron chi connectivity index (χ3n) is 3.41. The number of nitrogens with one attached hydrogen (secondary N) is 1. The van der Waals surface area contributed by atoms with Crippen molar-refractivity contribution in [3.8, 4) is 0 Å². The van der Waals surface area contributed by atoms with Gasteiger partial charge in [-0.2, -0.15) is 0 Å². The Kier molecular flexibility index (Phi) is 2.60. The highest BCUT2D eigenvalue weighted by atomic mass is 14.9. The van der Waals surface area contributed by atoms with E-state index in [1.807, 2.05) is 0 Å². The average molecular weight is 223 g/mol. The summed E-state index contributed by atoms with van der Waals surface area (Å²) in [5.74, 6) is 0. The fourth-order valence-electron chi connectivity index (χ4n) is 2.62. The molecule has 1 N–H and O–H groups in total. The zero-order valence-electron chi connectivity index (χ0n) is 10.1. The molecule has 0 unspecified atom stereocenters. The van der Waals surface area contributed by atoms with Crippen molar-refractivity contribution in [2.45, 2.75) is 25.8 Å². The lowest BCUT2D eigenvalue weighted by molar-refractivity contribution is 0.746. The molecule has 0 fully saturated rings. The maximum Gasteiger partial charge on any atom is 0.0375 e. The predicted molar refractivity (Wildman–Crippen MR) is 72.4 cm³/mol. The van der Waals surface area contributed by atoms with Crippen molar-refractivity contribution in [1.82, 2.24) is 0 Å². The molecule has 1 nitrogen and oxygen atoms in total. The van der Waals surface area contributed by atoms with Crippen LogP contribution < -0.4 is 5.32 Å². The minimum absolute atomic E-state index is 0.550. The number of benzene rings is 2. The molecule has 0 saturated carbocycles. The first kappa shape index (κ1) is 10.4. The standard InChI is InChI=1S/C16H17N/c1-12-5-4-6-13(9-12)10-15-11-14-7-2-3-8-16(14)17-15/h2-9,15,17H,10-11H2,1H3/t15-/m1/s1. The van der Waals surface area contributed by atoms with Gasteiger partial charge >= 0.3 is 0 Å². The molecule has 0 radical (unpaired) electrons. The number of fused-ring (bicyclic) bond motifs is 1. The topological polar surface area (TPSA) is 12.0 Å². The minimum Gasteiger partial charge on any atom is -0.381 e. The van der Waals surface area contributed by atoms with Gasteiger partial charge in [0.25, 0.3) is 0 Å². The Morgan fingerprint density at radius 3 is 2.82 bits per heavy atom. The second-order valence-electron chi connectivity index (χ2n) is 4.90. The van der Waals surface area contributed by atoms with E-state index in [9.17, 15) is 0 Å². The molecule has 3 rings (SSSR count). The molecule has 0 saturated heterocycles. The van der Waals surface area contributed by atoms with Gasteiger partial charge in [-0.15, -0.1) is 0 Å². The first-order valence-corrected chi connectivity index (χ1v) is 6.21. The van der Waals surface area contributed by atoms with E-state index in [2.05, 4.69) is 60.8 Å². The first-order chi connectivity index (χ1) is 8.31. The normalized spacial score (nSPS) is 17.6. The van der Waals surface area contributed by atoms with Crippen LogP contribution in [-0.2, 0) is 12.8 Å². The molecule has 1 aliphatic rings. The van der Waals surface area contributed by atoms with Crippen LogP contribution in [0.1, 0.15) is 16.7 Å². The maximum absolute atomic E-state index is 3.60. The summed E-state index contributed by atoms with van der Waals surface area (Å²) in [4.78, 5) is 0. The zero-order valence-corrected chi connectivity index (χ0v) is 10.1. The highest BCUT2D eigenvalue weighted by molar-refractivity contribution is 5.56. The Morgan fingerprint density at radius 2 is 2.00 bits per heavy atom. The van der Waals surface area contributed by atoms with Crippen molar-refractivity contribution in [3.63, 3.8) is 0 Å². The molecule has 86 valence electrons. The van der Waals surface area contributed by atoms with Gasteiger partial charge in [0.05, 0.1) is 0 Å². The molecule has 1 heteroatoms. The molecular formula is C16H17N. The van der Waals surface area contributed by atoms with E-state index < -0.39 is 0 Å². The van der Waals surface area contributed by atoms with Crippen molar-refractivity contribution in [2.24, 2.45) is 0 Å². The number of para-hydroxylation sites is 1. The van der Waals surface area contributed by atoms with Crippen molar-refractivity contribution in [3.05, 3.63) is 65.2 Å². The quantitative estimate of drug-likeness (QED) is 0.820. The van der Waals surface area contributed by atoms with E-state index in [1.165, 1.54) is 22.4 Å². The number of anilines is 1. The van der Waals surface area contributed by atoms with E-state index in [0.717, 1.165) is 12.8 Å². The Labute approximate surface area is 102 Å². The highest BCUT2D eigenvalue weighted by Crippen LogP contribution is 2.26. The molecule has 0 amide bonds. The van der Waals surface area contributed by atoms with Gasteiger partial charge in [-0.1, -0.05) is 48.0 Å². The lowest BCUT2D eigenvalue weighted by Gasteiger charge is -2.11. The Balaban J connectivity index is 1.74. The van der Waals surface area contributed by atoms with E-state index in [1.54, 1.807) is 0 Å². The van der Waals surface area contributed by atoms with Crippen molar-refractivity contribution >= 4 is 5.69 Å². The van der Waals surface area contributed by atoms with Crippen LogP contribution in [0.4, 0.5) is 5.69 Å². The molecule has 1 aliphatic heterocycles. The maximum atomic E-state index is 3.60. The molecule has 17 heavy (non-hydrogen) atoms. The molecule has 0 aromatic heterocycles. The van der Waals surface area contributed by atoms with E-state index in [0.29, 0.717) is 6.04 Å². The van der Waals surface area contributed by atoms with Crippen LogP contribution in [0.15, 0.2) is 48.5 Å². The summed E-state index contributed by atoms with van der Waals surface area (Å²) in [6.45, 7) is 2.15. The summed E-state index contributed by atoms with van der Waals surface area (Å²) in [7, 11) is 0. The molecular weight excluding hydrogens is 206 g/mol. The Morgan fingerprint density at radius 1 is 1.12 bits per heavy atom. The Hall–Kier alpha value is -1.76. The molecule has 1 heterocycles. The summed E-state index contributed by atoms with van der Waals surface area (Å²) in [5, 5.41) is 3.60. The summed E-state index contributed by atoms with van der Waals surface area (Å²) >= 11 is 0. The summed E-state index contributed by atoms with van der Waals surface area (Å²) in [6.07, 6.45) is 2.25. The van der Waals surface area contributed by atoms with E-state index in [-0.39, 0.29) is 0 Å². The van der Waals surface area contributed by atoms with Crippen LogP contribution in [0.25, 0.3) is 0 Å². The summed E-state index contributed by atoms with van der Waals surface area (Å²) in [6, 6.07) is 18.0. The van der Waals surface area contributed by atoms with Crippen molar-refractivity contribution < 1.29 is 0 Å². The predicted octanol–water partition coefficient (Wildman–Crippen LogP) is 3.57. The molecule has 0 aliphatic carbocycles. The third-order valence-corrected chi connectivity index (χ3v) is 3.41. The molecule has 0 spiro atoms. The van der Waals surface area contributed by atoms with Gasteiger partial charge < -0.3 is 5.32 Å². The van der Waals surface area contributed by atoms with Gasteiger partial charge in [0.15, 0.2) is 0 Å². The van der Waals surface area contributed by atoms with Gasteiger partial charge in [0.1, 0.15) is 0 Å². The second-order valence-corrected chi connectivity index (χ2v) is 4.90. The first-order valence-electron chi connectivity index (χ1n) is 6.21. The van der Waals surface area contributed by atoms with Crippen LogP contribution in [0.2, 0.25) is 0 Å². The van der Waals surface area contributed by atoms with Crippen LogP contribution in [-0.4, -0.2) is 6.04 Å². The molecule has 0 bridgehead atoms. The van der Waals surface area contributed by atoms with Gasteiger partial charge in [-0.05, 0) is 37.0 Å². The highest BCUT2D eigenvalue weighted by Gasteiger charge is 2.19. The van der Waals surface area contributed by atoms with Crippen LogP contribution in [0.3, 0.4) is 0 Å². The molecule has 2 aromatic carbocycles. The van der Waals surface area contributed by atoms with E-state index in [4.69, 9.17) is 0 Å². The van der Waals surface area contributed by atoms with Gasteiger partial charge in [0.2, 0.25) is 0 Å². The second kappa shape index (κ2) is 4.25. The monoisotopic (exact) mass is 223 g/mol. The number of hydrogen-bond donors (Lipinski definition) is 1. The minimum atomic E-state index is 0.550. The van der Waals surface area contributed by atoms with Crippen LogP contribution in [0.5, 0.6) is 0 Å². The van der Waals surface area contributed by atoms with Crippen LogP contribution in [0, 0.1) is 6.92 Å². The fraction of sp³-hybridized carbons (Fsp3) is 0.250. The van der Waals surface area contributed by atoms with E-state index >= 15 is 0 Å². The number of rotatable bonds is 2. The number of aryl methyl sites for hydroxylation is 1. The van der Waals surface area contributed by atoms with Gasteiger partial charge in [-0.3, -0.25) is 0 Å². The largest absolute Gasteiger partial charge is 0.381 e. The Bertz CT molecular complexity index is 506. The summed E-state index contributed by atoms with van der Waals surface area (Å²) in [5.41, 5.74) is 5.53. The zero-order chi connectivity index (χ0) is 11.7. The van der Waals surface area contributed by atoms with Crippen molar-refractivity contribution in [1.29, 1.82) is 0 Å². The third kappa shape index (κ3) is 2.19. The molecule has 2 aromatic rings. The lowest BCUT2D eigenvalue weighted by Crippen LogP contribution is -2.18. The summed E-state index contributed by atoms with van der Waals surface area (Å²) < 4.78 is 0. The van der Waals surface area contributed by atoms with Crippen molar-refractivity contribution in [2.75, 3.05) is 5.32 Å². The van der Waals surface area contributed by atoms with Gasteiger partial charge in [-0.25, -0.2) is 0 Å². The fourth-order valence-corrected chi connectivity index (χ4v) is 2.62. The van der Waals surface area contributed by atoms with Crippen LogP contribution >= 0.6 is 0 Å². The van der Waals surface area contributed by atoms with Gasteiger partial charge in [0, 0.05) is 11.7 Å².